The van der Waals surface area contributed by atoms with E-state index in [0.29, 0.717) is 13.2 Å². The van der Waals surface area contributed by atoms with Crippen LogP contribution in [0.2, 0.25) is 0 Å². The summed E-state index contributed by atoms with van der Waals surface area (Å²) in [6.45, 7) is 3.06. The molecule has 1 aliphatic rings. The molecule has 0 saturated heterocycles. The Labute approximate surface area is 114 Å². The number of benzene rings is 1. The van der Waals surface area contributed by atoms with Gasteiger partial charge in [-0.05, 0) is 43.9 Å². The first-order valence-corrected chi connectivity index (χ1v) is 6.88. The summed E-state index contributed by atoms with van der Waals surface area (Å²) in [7, 11) is 0. The smallest absolute Gasteiger partial charge is 0.223 e. The van der Waals surface area contributed by atoms with Crippen LogP contribution in [0, 0.1) is 12.8 Å². The number of carbonyl (C=O) groups is 1. The zero-order chi connectivity index (χ0) is 13.7. The van der Waals surface area contributed by atoms with E-state index in [1.807, 2.05) is 31.2 Å². The molecule has 1 fully saturated rings. The van der Waals surface area contributed by atoms with Crippen molar-refractivity contribution in [2.75, 3.05) is 13.2 Å². The van der Waals surface area contributed by atoms with E-state index in [1.54, 1.807) is 0 Å². The van der Waals surface area contributed by atoms with Gasteiger partial charge >= 0.3 is 0 Å². The van der Waals surface area contributed by atoms with Crippen LogP contribution in [0.25, 0.3) is 0 Å². The van der Waals surface area contributed by atoms with Gasteiger partial charge in [-0.25, -0.2) is 0 Å². The van der Waals surface area contributed by atoms with Crippen LogP contribution in [-0.4, -0.2) is 25.1 Å². The van der Waals surface area contributed by atoms with Crippen LogP contribution in [-0.2, 0) is 4.79 Å². The molecular weight excluding hydrogens is 240 g/mol. The Balaban J connectivity index is 1.65. The summed E-state index contributed by atoms with van der Waals surface area (Å²) in [4.78, 5) is 11.8. The molecule has 2 unspecified atom stereocenters. The first-order chi connectivity index (χ1) is 9.15. The van der Waals surface area contributed by atoms with Crippen molar-refractivity contribution >= 4 is 5.91 Å². The van der Waals surface area contributed by atoms with Crippen molar-refractivity contribution in [1.82, 2.24) is 5.32 Å². The van der Waals surface area contributed by atoms with E-state index in [0.717, 1.165) is 25.0 Å². The van der Waals surface area contributed by atoms with E-state index in [1.165, 1.54) is 5.56 Å². The third-order valence-electron chi connectivity index (χ3n) is 3.50. The first kappa shape index (κ1) is 13.9. The highest BCUT2D eigenvalue weighted by molar-refractivity contribution is 5.78. The summed E-state index contributed by atoms with van der Waals surface area (Å²) < 4.78 is 5.58. The summed E-state index contributed by atoms with van der Waals surface area (Å²) >= 11 is 0. The highest BCUT2D eigenvalue weighted by Gasteiger charge is 2.27. The molecule has 3 N–H and O–H groups in total. The molecule has 0 heterocycles. The third kappa shape index (κ3) is 4.24. The molecule has 0 aliphatic heterocycles. The maximum absolute atomic E-state index is 11.8. The molecule has 1 aromatic carbocycles. The Morgan fingerprint density at radius 2 is 2.32 bits per heavy atom. The quantitative estimate of drug-likeness (QED) is 0.792. The van der Waals surface area contributed by atoms with Gasteiger partial charge in [0.1, 0.15) is 12.4 Å². The Morgan fingerprint density at radius 1 is 1.47 bits per heavy atom. The standard InChI is InChI=1S/C15H22N2O2/c1-11-3-2-4-14(9-11)19-8-7-17-15(18)12-5-6-13(16)10-12/h2-4,9,12-13H,5-8,10,16H2,1H3,(H,17,18). The molecule has 4 heteroatoms. The lowest BCUT2D eigenvalue weighted by atomic mass is 10.1. The summed E-state index contributed by atoms with van der Waals surface area (Å²) in [5, 5.41) is 2.91. The number of nitrogens with two attached hydrogens (primary N) is 1. The Morgan fingerprint density at radius 3 is 3.00 bits per heavy atom. The van der Waals surface area contributed by atoms with Crippen LogP contribution in [0.4, 0.5) is 0 Å². The third-order valence-corrected chi connectivity index (χ3v) is 3.50. The Bertz CT molecular complexity index is 434. The van der Waals surface area contributed by atoms with Gasteiger partial charge in [0.25, 0.3) is 0 Å². The summed E-state index contributed by atoms with van der Waals surface area (Å²) in [6, 6.07) is 8.09. The molecule has 19 heavy (non-hydrogen) atoms. The van der Waals surface area contributed by atoms with Gasteiger partial charge in [-0.1, -0.05) is 12.1 Å². The summed E-state index contributed by atoms with van der Waals surface area (Å²) in [5.74, 6) is 1.05. The minimum atomic E-state index is 0.0916. The van der Waals surface area contributed by atoms with Crippen molar-refractivity contribution in [2.24, 2.45) is 11.7 Å². The van der Waals surface area contributed by atoms with Gasteiger partial charge in [0.2, 0.25) is 5.91 Å². The fraction of sp³-hybridized carbons (Fsp3) is 0.533. The fourth-order valence-corrected chi connectivity index (χ4v) is 2.45. The maximum Gasteiger partial charge on any atom is 0.223 e. The number of hydrogen-bond donors (Lipinski definition) is 2. The highest BCUT2D eigenvalue weighted by Crippen LogP contribution is 2.23. The van der Waals surface area contributed by atoms with E-state index in [-0.39, 0.29) is 17.9 Å². The van der Waals surface area contributed by atoms with Crippen LogP contribution >= 0.6 is 0 Å². The zero-order valence-electron chi connectivity index (χ0n) is 11.4. The molecule has 2 atom stereocenters. The lowest BCUT2D eigenvalue weighted by Gasteiger charge is -2.11. The number of rotatable bonds is 5. The van der Waals surface area contributed by atoms with Gasteiger partial charge in [-0.3, -0.25) is 4.79 Å². The molecule has 0 aromatic heterocycles. The van der Waals surface area contributed by atoms with Gasteiger partial charge in [0.05, 0.1) is 6.54 Å². The van der Waals surface area contributed by atoms with Gasteiger partial charge in [0, 0.05) is 12.0 Å². The first-order valence-electron chi connectivity index (χ1n) is 6.88. The number of hydrogen-bond acceptors (Lipinski definition) is 3. The average Bonchev–Trinajstić information content (AvgIpc) is 2.81. The van der Waals surface area contributed by atoms with Crippen molar-refractivity contribution in [1.29, 1.82) is 0 Å². The minimum absolute atomic E-state index is 0.0916. The molecule has 1 aromatic rings. The number of carbonyl (C=O) groups excluding carboxylic acids is 1. The average molecular weight is 262 g/mol. The molecule has 1 saturated carbocycles. The SMILES string of the molecule is Cc1cccc(OCCNC(=O)C2CCC(N)C2)c1. The zero-order valence-corrected chi connectivity index (χ0v) is 11.4. The van der Waals surface area contributed by atoms with Crippen LogP contribution in [0.3, 0.4) is 0 Å². The number of aryl methyl sites for hydroxylation is 1. The molecule has 104 valence electrons. The number of amides is 1. The molecule has 1 amide bonds. The van der Waals surface area contributed by atoms with Crippen molar-refractivity contribution in [3.63, 3.8) is 0 Å². The lowest BCUT2D eigenvalue weighted by Crippen LogP contribution is -2.33. The highest BCUT2D eigenvalue weighted by atomic mass is 16.5. The number of ether oxygens (including phenoxy) is 1. The molecule has 4 nitrogen and oxygen atoms in total. The van der Waals surface area contributed by atoms with Crippen LogP contribution in [0.5, 0.6) is 5.75 Å². The van der Waals surface area contributed by atoms with Crippen LogP contribution < -0.4 is 15.8 Å². The molecule has 1 aliphatic carbocycles. The second kappa shape index (κ2) is 6.57. The van der Waals surface area contributed by atoms with Gasteiger partial charge in [-0.15, -0.1) is 0 Å². The fourth-order valence-electron chi connectivity index (χ4n) is 2.45. The van der Waals surface area contributed by atoms with Crippen molar-refractivity contribution in [3.05, 3.63) is 29.8 Å². The van der Waals surface area contributed by atoms with Crippen molar-refractivity contribution < 1.29 is 9.53 Å². The Hall–Kier alpha value is -1.55. The molecule has 0 radical (unpaired) electrons. The molecule has 0 spiro atoms. The topological polar surface area (TPSA) is 64.3 Å². The van der Waals surface area contributed by atoms with Gasteiger partial charge in [-0.2, -0.15) is 0 Å². The minimum Gasteiger partial charge on any atom is -0.492 e. The van der Waals surface area contributed by atoms with Gasteiger partial charge < -0.3 is 15.8 Å². The van der Waals surface area contributed by atoms with Gasteiger partial charge in [0.15, 0.2) is 0 Å². The van der Waals surface area contributed by atoms with E-state index < -0.39 is 0 Å². The maximum atomic E-state index is 11.8. The van der Waals surface area contributed by atoms with Crippen molar-refractivity contribution in [3.8, 4) is 5.75 Å². The molecular formula is C15H22N2O2. The lowest BCUT2D eigenvalue weighted by molar-refractivity contribution is -0.124. The predicted octanol–water partition coefficient (Wildman–Crippen LogP) is 1.62. The van der Waals surface area contributed by atoms with Crippen LogP contribution in [0.15, 0.2) is 24.3 Å². The molecule has 0 bridgehead atoms. The van der Waals surface area contributed by atoms with Crippen LogP contribution in [0.1, 0.15) is 24.8 Å². The number of nitrogens with one attached hydrogen (secondary N) is 1. The second-order valence-electron chi connectivity index (χ2n) is 5.23. The van der Waals surface area contributed by atoms with Crippen molar-refractivity contribution in [2.45, 2.75) is 32.2 Å². The monoisotopic (exact) mass is 262 g/mol. The second-order valence-corrected chi connectivity index (χ2v) is 5.23. The van der Waals surface area contributed by atoms with E-state index in [2.05, 4.69) is 5.32 Å². The van der Waals surface area contributed by atoms with E-state index in [4.69, 9.17) is 10.5 Å². The summed E-state index contributed by atoms with van der Waals surface area (Å²) in [5.41, 5.74) is 6.97. The predicted molar refractivity (Wildman–Crippen MR) is 75.0 cm³/mol. The normalized spacial score (nSPS) is 22.2. The Kier molecular flexibility index (Phi) is 4.80. The van der Waals surface area contributed by atoms with E-state index >= 15 is 0 Å². The largest absolute Gasteiger partial charge is 0.492 e. The summed E-state index contributed by atoms with van der Waals surface area (Å²) in [6.07, 6.45) is 2.67. The van der Waals surface area contributed by atoms with E-state index in [9.17, 15) is 4.79 Å². The molecule has 2 rings (SSSR count).